The number of hydrogen-bond donors (Lipinski definition) is 3. The van der Waals surface area contributed by atoms with Crippen LogP contribution in [0.3, 0.4) is 0 Å². The van der Waals surface area contributed by atoms with E-state index in [0.29, 0.717) is 48.3 Å². The fraction of sp³-hybridized carbons (Fsp3) is 0.263. The second-order valence-electron chi connectivity index (χ2n) is 12.3. The van der Waals surface area contributed by atoms with Crippen LogP contribution >= 0.6 is 11.6 Å². The lowest BCUT2D eigenvalue weighted by atomic mass is 9.97. The number of aromatic nitrogens is 7. The van der Waals surface area contributed by atoms with Crippen molar-refractivity contribution in [1.29, 1.82) is 0 Å². The quantitative estimate of drug-likeness (QED) is 0.115. The van der Waals surface area contributed by atoms with Gasteiger partial charge in [-0.2, -0.15) is 10.2 Å². The summed E-state index contributed by atoms with van der Waals surface area (Å²) in [6.45, 7) is 6.08. The number of amides is 2. The van der Waals surface area contributed by atoms with Gasteiger partial charge in [0.25, 0.3) is 5.91 Å². The molecule has 2 amide bonds. The van der Waals surface area contributed by atoms with Crippen LogP contribution in [-0.4, -0.2) is 79.8 Å². The summed E-state index contributed by atoms with van der Waals surface area (Å²) in [5.74, 6) is -0.820. The van der Waals surface area contributed by atoms with Gasteiger partial charge < -0.3 is 20.1 Å². The van der Waals surface area contributed by atoms with Gasteiger partial charge >= 0.3 is 0 Å². The van der Waals surface area contributed by atoms with E-state index in [1.807, 2.05) is 80.7 Å². The van der Waals surface area contributed by atoms with Crippen molar-refractivity contribution in [2.75, 3.05) is 32.2 Å². The van der Waals surface area contributed by atoms with Gasteiger partial charge in [-0.1, -0.05) is 59.3 Å². The first-order valence-electron chi connectivity index (χ1n) is 16.8. The fourth-order valence-corrected chi connectivity index (χ4v) is 6.07. The number of halogens is 1. The molecule has 13 nitrogen and oxygen atoms in total. The maximum Gasteiger partial charge on any atom is 0.270 e. The van der Waals surface area contributed by atoms with Gasteiger partial charge in [0.1, 0.15) is 17.4 Å². The minimum Gasteiger partial charge on any atom is -0.382 e. The summed E-state index contributed by atoms with van der Waals surface area (Å²) in [6, 6.07) is 21.8. The van der Waals surface area contributed by atoms with Gasteiger partial charge in [-0.3, -0.25) is 19.4 Å². The highest BCUT2D eigenvalue weighted by atomic mass is 35.5. The molecule has 3 aromatic heterocycles. The van der Waals surface area contributed by atoms with E-state index in [9.17, 15) is 9.59 Å². The fourth-order valence-electron chi connectivity index (χ4n) is 5.87. The third kappa shape index (κ3) is 8.62. The number of H-pyrrole nitrogens is 1. The van der Waals surface area contributed by atoms with Crippen molar-refractivity contribution >= 4 is 29.1 Å². The molecule has 0 aliphatic rings. The first kappa shape index (κ1) is 36.2. The van der Waals surface area contributed by atoms with E-state index >= 15 is 0 Å². The lowest BCUT2D eigenvalue weighted by Gasteiger charge is -2.20. The predicted molar refractivity (Wildman–Crippen MR) is 199 cm³/mol. The molecular formula is C38H40ClN9O4. The molecule has 0 spiro atoms. The average Bonchev–Trinajstić information content (AvgIpc) is 3.89. The third-order valence-corrected chi connectivity index (χ3v) is 9.03. The second kappa shape index (κ2) is 16.6. The highest BCUT2D eigenvalue weighted by Gasteiger charge is 2.25. The number of methoxy groups -OCH3 is 1. The van der Waals surface area contributed by atoms with Gasteiger partial charge in [0.2, 0.25) is 5.91 Å². The van der Waals surface area contributed by atoms with Crippen LogP contribution in [0.2, 0.25) is 5.02 Å². The molecule has 3 heterocycles. The van der Waals surface area contributed by atoms with Gasteiger partial charge in [-0.05, 0) is 66.4 Å². The van der Waals surface area contributed by atoms with Crippen LogP contribution in [0.1, 0.15) is 27.4 Å². The largest absolute Gasteiger partial charge is 0.382 e. The van der Waals surface area contributed by atoms with Crippen LogP contribution in [0.4, 0.5) is 5.69 Å². The zero-order chi connectivity index (χ0) is 36.6. The highest BCUT2D eigenvalue weighted by Crippen LogP contribution is 2.29. The van der Waals surface area contributed by atoms with E-state index in [2.05, 4.69) is 36.2 Å². The number of hydrogen-bond acceptors (Lipinski definition) is 8. The molecule has 6 rings (SSSR count). The maximum atomic E-state index is 13.8. The Kier molecular flexibility index (Phi) is 11.5. The van der Waals surface area contributed by atoms with Crippen molar-refractivity contribution in [3.8, 4) is 33.5 Å². The summed E-state index contributed by atoms with van der Waals surface area (Å²) >= 11 is 6.72. The second-order valence-corrected chi connectivity index (χ2v) is 12.7. The summed E-state index contributed by atoms with van der Waals surface area (Å²) in [5, 5.41) is 26.3. The Balaban J connectivity index is 1.18. The molecule has 0 fully saturated rings. The third-order valence-electron chi connectivity index (χ3n) is 8.66. The minimum atomic E-state index is -0.955. The van der Waals surface area contributed by atoms with Gasteiger partial charge in [-0.15, -0.1) is 5.10 Å². The zero-order valence-electron chi connectivity index (χ0n) is 29.4. The number of nitrogens with one attached hydrogen (secondary N) is 3. The summed E-state index contributed by atoms with van der Waals surface area (Å²) < 4.78 is 13.7. The van der Waals surface area contributed by atoms with Gasteiger partial charge in [0.15, 0.2) is 0 Å². The normalized spacial score (nSPS) is 11.8. The van der Waals surface area contributed by atoms with Crippen LogP contribution < -0.4 is 10.6 Å². The monoisotopic (exact) mass is 721 g/mol. The van der Waals surface area contributed by atoms with Crippen molar-refractivity contribution < 1.29 is 19.1 Å². The molecule has 1 unspecified atom stereocenters. The van der Waals surface area contributed by atoms with Gasteiger partial charge in [0, 0.05) is 54.3 Å². The average molecular weight is 722 g/mol. The van der Waals surface area contributed by atoms with Gasteiger partial charge in [0.05, 0.1) is 38.3 Å². The van der Waals surface area contributed by atoms with Crippen molar-refractivity contribution in [1.82, 2.24) is 40.3 Å². The summed E-state index contributed by atoms with van der Waals surface area (Å²) in [7, 11) is 3.31. The molecular weight excluding hydrogens is 682 g/mol. The minimum absolute atomic E-state index is 0.143. The first-order valence-corrected chi connectivity index (χ1v) is 17.2. The number of nitrogens with zero attached hydrogens (tertiary/aromatic N) is 6. The SMILES string of the molecule is COCCOCCn1cc(-c2ccc(-c3ccc(Cl)c(CC(NC(=O)c4ccnn4C)C(=O)Nc4ccc(-c5c(C)n[nH]c5C)cc4)c3)cc2)nn1. The Morgan fingerprint density at radius 2 is 1.65 bits per heavy atom. The Morgan fingerprint density at radius 3 is 2.35 bits per heavy atom. The molecule has 0 bridgehead atoms. The molecule has 0 radical (unpaired) electrons. The molecule has 0 saturated carbocycles. The van der Waals surface area contributed by atoms with E-state index in [0.717, 1.165) is 44.9 Å². The maximum absolute atomic E-state index is 13.8. The number of carbonyl (C=O) groups excluding carboxylic acids is 2. The van der Waals surface area contributed by atoms with Crippen molar-refractivity contribution in [2.24, 2.45) is 7.05 Å². The van der Waals surface area contributed by atoms with Crippen LogP contribution in [0.5, 0.6) is 0 Å². The van der Waals surface area contributed by atoms with E-state index < -0.39 is 11.9 Å². The Bertz CT molecular complexity index is 2120. The molecule has 52 heavy (non-hydrogen) atoms. The highest BCUT2D eigenvalue weighted by molar-refractivity contribution is 6.31. The number of rotatable bonds is 15. The molecule has 1 atom stereocenters. The molecule has 14 heteroatoms. The smallest absolute Gasteiger partial charge is 0.270 e. The van der Waals surface area contributed by atoms with Crippen molar-refractivity contribution in [3.63, 3.8) is 0 Å². The molecule has 3 N–H and O–H groups in total. The van der Waals surface area contributed by atoms with Crippen LogP contribution in [0.25, 0.3) is 33.5 Å². The lowest BCUT2D eigenvalue weighted by molar-refractivity contribution is -0.118. The topological polar surface area (TPSA) is 154 Å². The van der Waals surface area contributed by atoms with E-state index in [-0.39, 0.29) is 12.3 Å². The first-order chi connectivity index (χ1) is 25.2. The number of aryl methyl sites for hydroxylation is 3. The number of aromatic amines is 1. The van der Waals surface area contributed by atoms with Gasteiger partial charge in [-0.25, -0.2) is 4.68 Å². The van der Waals surface area contributed by atoms with Crippen molar-refractivity contribution in [2.45, 2.75) is 32.9 Å². The standard InChI is InChI=1S/C38H40ClN9O4/c1-24-36(25(2)44-43-24)28-9-12-31(13-10-28)41-37(49)33(42-38(50)35-15-16-40-47(35)3)22-30-21-29(11-14-32(30)39)26-5-7-27(8-6-26)34-23-48(46-45-34)17-18-52-20-19-51-4/h5-16,21,23,33H,17-20,22H2,1-4H3,(H,41,49)(H,42,50)(H,43,44). The molecule has 0 saturated heterocycles. The Morgan fingerprint density at radius 1 is 0.923 bits per heavy atom. The van der Waals surface area contributed by atoms with E-state index in [1.165, 1.54) is 10.9 Å². The lowest BCUT2D eigenvalue weighted by Crippen LogP contribution is -2.45. The number of anilines is 1. The molecule has 6 aromatic rings. The molecule has 268 valence electrons. The Hall–Kier alpha value is -5.63. The van der Waals surface area contributed by atoms with Crippen LogP contribution in [-0.2, 0) is 34.3 Å². The summed E-state index contributed by atoms with van der Waals surface area (Å²) in [4.78, 5) is 27.2. The molecule has 3 aromatic carbocycles. The molecule has 0 aliphatic heterocycles. The van der Waals surface area contributed by atoms with Crippen molar-refractivity contribution in [3.05, 3.63) is 113 Å². The number of carbonyl (C=O) groups is 2. The summed E-state index contributed by atoms with van der Waals surface area (Å²) in [6.07, 6.45) is 3.56. The Labute approximate surface area is 306 Å². The van der Waals surface area contributed by atoms with Crippen LogP contribution in [0, 0.1) is 13.8 Å². The predicted octanol–water partition coefficient (Wildman–Crippen LogP) is 5.65. The van der Waals surface area contributed by atoms with E-state index in [1.54, 1.807) is 31.0 Å². The summed E-state index contributed by atoms with van der Waals surface area (Å²) in [5.41, 5.74) is 8.98. The number of ether oxygens (including phenoxy) is 2. The zero-order valence-corrected chi connectivity index (χ0v) is 30.1. The number of benzene rings is 3. The molecule has 0 aliphatic carbocycles. The van der Waals surface area contributed by atoms with Crippen LogP contribution in [0.15, 0.2) is 85.2 Å². The van der Waals surface area contributed by atoms with E-state index in [4.69, 9.17) is 21.1 Å².